The van der Waals surface area contributed by atoms with Crippen LogP contribution >= 0.6 is 22.7 Å². The molecule has 0 amide bonds. The molecule has 0 saturated carbocycles. The maximum Gasteiger partial charge on any atom is 0.277 e. The summed E-state index contributed by atoms with van der Waals surface area (Å²) in [6.07, 6.45) is 0. The second-order valence-electron chi connectivity index (χ2n) is 28.7. The fourth-order valence-electron chi connectivity index (χ4n) is 11.8. The molecule has 2 aliphatic heterocycles. The summed E-state index contributed by atoms with van der Waals surface area (Å²) in [4.78, 5) is 7.59. The van der Waals surface area contributed by atoms with E-state index in [1.807, 2.05) is 34.8 Å². The average Bonchev–Trinajstić information content (AvgIpc) is 2.20. The molecular weight excluding hydrogens is 982 g/mol. The average molecular weight is 1070 g/mol. The molecule has 0 spiro atoms. The molecule has 7 aromatic carbocycles. The van der Waals surface area contributed by atoms with Crippen LogP contribution in [0.4, 0.5) is 51.2 Å². The van der Waals surface area contributed by atoms with Gasteiger partial charge in [-0.3, -0.25) is 0 Å². The Morgan fingerprint density at radius 1 is 0.397 bits per heavy atom. The molecule has 9 aromatic rings. The predicted octanol–water partition coefficient (Wildman–Crippen LogP) is 20.1. The molecule has 0 radical (unpaired) electrons. The van der Waals surface area contributed by atoms with Gasteiger partial charge in [0, 0.05) is 68.0 Å². The Morgan fingerprint density at radius 2 is 0.756 bits per heavy atom. The topological polar surface area (TPSA) is 9.72 Å². The molecule has 2 aromatic heterocycles. The summed E-state index contributed by atoms with van der Waals surface area (Å²) in [5, 5.41) is 2.51. The number of fused-ring (bicyclic) bond motifs is 8. The zero-order valence-electron chi connectivity index (χ0n) is 52.9. The van der Waals surface area contributed by atoms with Crippen LogP contribution in [0.1, 0.15) is 173 Å². The van der Waals surface area contributed by atoms with Gasteiger partial charge in [0.25, 0.3) is 6.71 Å². The quantitative estimate of drug-likeness (QED) is 0.159. The highest BCUT2D eigenvalue weighted by molar-refractivity contribution is 7.41. The van der Waals surface area contributed by atoms with E-state index in [0.717, 1.165) is 39.8 Å². The van der Waals surface area contributed by atoms with Crippen LogP contribution in [-0.4, -0.2) is 6.71 Å². The molecule has 0 fully saturated rings. The number of thiophene rings is 2. The summed E-state index contributed by atoms with van der Waals surface area (Å²) in [6, 6.07) is 50.2. The van der Waals surface area contributed by atoms with E-state index in [4.69, 9.17) is 4.11 Å². The number of benzene rings is 7. The van der Waals surface area contributed by atoms with Gasteiger partial charge in [-0.2, -0.15) is 0 Å². The maximum atomic E-state index is 8.53. The van der Waals surface area contributed by atoms with Crippen LogP contribution < -0.4 is 29.7 Å². The zero-order chi connectivity index (χ0) is 58.6. The van der Waals surface area contributed by atoms with Crippen molar-refractivity contribution in [2.24, 2.45) is 0 Å². The van der Waals surface area contributed by atoms with E-state index in [9.17, 15) is 0 Å². The molecule has 78 heavy (non-hydrogen) atoms. The van der Waals surface area contributed by atoms with Gasteiger partial charge in [-0.15, -0.1) is 22.7 Å². The minimum absolute atomic E-state index is 0.0334. The number of hydrogen-bond acceptors (Lipinski definition) is 5. The van der Waals surface area contributed by atoms with Crippen molar-refractivity contribution in [3.8, 4) is 0 Å². The lowest BCUT2D eigenvalue weighted by Crippen LogP contribution is -2.59. The second-order valence-corrected chi connectivity index (χ2v) is 30.8. The van der Waals surface area contributed by atoms with Crippen LogP contribution in [0.5, 0.6) is 0 Å². The third-order valence-electron chi connectivity index (χ3n) is 16.4. The highest BCUT2D eigenvalue weighted by Crippen LogP contribution is 2.55. The molecule has 400 valence electrons. The number of anilines is 9. The van der Waals surface area contributed by atoms with Gasteiger partial charge in [-0.05, 0) is 158 Å². The first kappa shape index (κ1) is 50.2. The van der Waals surface area contributed by atoms with Crippen LogP contribution in [-0.2, 0) is 32.5 Å². The van der Waals surface area contributed by atoms with Crippen molar-refractivity contribution in [1.29, 1.82) is 0 Å². The molecule has 2 aliphatic rings. The van der Waals surface area contributed by atoms with Gasteiger partial charge in [-0.25, -0.2) is 0 Å². The molecule has 0 unspecified atom stereocenters. The number of hydrogen-bond donors (Lipinski definition) is 0. The first-order valence-electron chi connectivity index (χ1n) is 29.7. The van der Waals surface area contributed by atoms with Crippen LogP contribution in [0.25, 0.3) is 20.2 Å². The largest absolute Gasteiger partial charge is 0.310 e. The molecule has 6 heteroatoms. The van der Waals surface area contributed by atoms with Crippen molar-refractivity contribution in [3.63, 3.8) is 0 Å². The normalized spacial score (nSPS) is 14.8. The van der Waals surface area contributed by atoms with Gasteiger partial charge in [0.15, 0.2) is 0 Å². The summed E-state index contributed by atoms with van der Waals surface area (Å²) >= 11 is 3.95. The molecule has 0 bridgehead atoms. The Labute approximate surface area is 480 Å². The lowest BCUT2D eigenvalue weighted by atomic mass is 9.39. The fourth-order valence-corrected chi connectivity index (χ4v) is 15.1. The fraction of sp³-hybridized carbons (Fsp3) is 0.361. The minimum atomic E-state index is -2.26. The Balaban J connectivity index is 1.36. The minimum Gasteiger partial charge on any atom is -0.310 e. The Hall–Kier alpha value is -6.08. The van der Waals surface area contributed by atoms with E-state index in [0.29, 0.717) is 5.56 Å². The first-order chi connectivity index (χ1) is 37.5. The van der Waals surface area contributed by atoms with E-state index in [2.05, 4.69) is 268 Å². The summed E-state index contributed by atoms with van der Waals surface area (Å²) in [5.41, 5.74) is 19.8. The highest BCUT2D eigenvalue weighted by Gasteiger charge is 2.49. The molecule has 0 saturated heterocycles. The van der Waals surface area contributed by atoms with Crippen LogP contribution in [0.2, 0.25) is 0 Å². The van der Waals surface area contributed by atoms with E-state index in [1.165, 1.54) is 85.5 Å². The van der Waals surface area contributed by atoms with Gasteiger partial charge in [-0.1, -0.05) is 196 Å². The van der Waals surface area contributed by atoms with Crippen LogP contribution in [0.15, 0.2) is 133 Å². The van der Waals surface area contributed by atoms with Crippen molar-refractivity contribution < 1.29 is 4.11 Å². The van der Waals surface area contributed by atoms with Crippen molar-refractivity contribution in [2.75, 3.05) is 14.7 Å². The van der Waals surface area contributed by atoms with Crippen LogP contribution in [0, 0.1) is 13.8 Å². The predicted molar refractivity (Wildman–Crippen MR) is 348 cm³/mol. The van der Waals surface area contributed by atoms with E-state index >= 15 is 0 Å². The second kappa shape index (κ2) is 18.2. The molecule has 4 heterocycles. The smallest absolute Gasteiger partial charge is 0.277 e. The monoisotopic (exact) mass is 1070 g/mol. The third-order valence-corrected chi connectivity index (χ3v) is 19.0. The number of aryl methyl sites for hydroxylation is 2. The Bertz CT molecular complexity index is 3860. The Morgan fingerprint density at radius 3 is 1.09 bits per heavy atom. The number of rotatable bonds is 5. The summed E-state index contributed by atoms with van der Waals surface area (Å²) in [7, 11) is 0. The third kappa shape index (κ3) is 9.21. The lowest BCUT2D eigenvalue weighted by Gasteiger charge is -2.43. The van der Waals surface area contributed by atoms with E-state index in [-0.39, 0.29) is 39.2 Å². The van der Waals surface area contributed by atoms with Gasteiger partial charge in [0.2, 0.25) is 0 Å². The highest BCUT2D eigenvalue weighted by atomic mass is 32.1. The van der Waals surface area contributed by atoms with Gasteiger partial charge < -0.3 is 14.7 Å². The lowest BCUT2D eigenvalue weighted by molar-refractivity contribution is 0.573. The molecule has 11 rings (SSSR count). The SMILES string of the molecule is [2H]C([2H])([2H])c1ccc(N2c3cc(N(c4ccc(C(C)(C)C)cc4)c4ccc(C(C)(C)C)cc4)cc4c3B(c3sc5c(C(C)(C)C)cc(C(C)(C)C)cc5c3N4c3ccc(C)cc3)c3sc4c(C(C)(C)C)cc(C(C)(C)C)cc4c32)cc1. The molecule has 3 nitrogen and oxygen atoms in total. The molecule has 0 atom stereocenters. The van der Waals surface area contributed by atoms with Gasteiger partial charge in [0.05, 0.1) is 17.1 Å². The zero-order valence-corrected chi connectivity index (χ0v) is 51.6. The van der Waals surface area contributed by atoms with Gasteiger partial charge >= 0.3 is 0 Å². The molecule has 0 N–H and O–H groups in total. The van der Waals surface area contributed by atoms with Crippen molar-refractivity contribution in [2.45, 2.75) is 171 Å². The molecular formula is C72H82BN3S2. The maximum absolute atomic E-state index is 8.53. The van der Waals surface area contributed by atoms with E-state index < -0.39 is 6.85 Å². The van der Waals surface area contributed by atoms with Crippen molar-refractivity contribution in [3.05, 3.63) is 178 Å². The molecule has 0 aliphatic carbocycles. The number of nitrogens with zero attached hydrogens (tertiary/aromatic N) is 3. The summed E-state index contributed by atoms with van der Waals surface area (Å²) < 4.78 is 30.9. The Kier molecular flexibility index (Phi) is 11.7. The van der Waals surface area contributed by atoms with Crippen molar-refractivity contribution in [1.82, 2.24) is 0 Å². The van der Waals surface area contributed by atoms with E-state index in [1.54, 1.807) is 0 Å². The first-order valence-corrected chi connectivity index (χ1v) is 29.8. The standard InChI is InChI=1S/C72H82BN3S2/c1-43-21-29-51(30-22-43)75-58-41-53(74(49-33-25-45(26-34-49)67(3,4)5)50-35-27-46(28-36-50)68(6,7)8)42-59-60(58)73(65-61(75)54-37-47(69(9,10)11)39-56(63(54)77-65)71(15,16)17)66-62(76(59)52-31-23-44(2)24-32-52)55-38-48(70(12,13)14)40-57(64(55)78-66)72(18,19)20/h21-42H,1-20H3/i1D3. The van der Waals surface area contributed by atoms with Crippen LogP contribution in [0.3, 0.4) is 0 Å². The van der Waals surface area contributed by atoms with Gasteiger partial charge in [0.1, 0.15) is 0 Å². The van der Waals surface area contributed by atoms with Crippen molar-refractivity contribution >= 4 is 116 Å². The summed E-state index contributed by atoms with van der Waals surface area (Å²) in [5.74, 6) is 0. The summed E-state index contributed by atoms with van der Waals surface area (Å²) in [6.45, 7) is 41.7.